The van der Waals surface area contributed by atoms with E-state index < -0.39 is 46.7 Å². The van der Waals surface area contributed by atoms with Gasteiger partial charge in [0.05, 0.1) is 10.5 Å². The van der Waals surface area contributed by atoms with Gasteiger partial charge in [-0.3, -0.25) is 29.3 Å². The Labute approximate surface area is 190 Å². The minimum absolute atomic E-state index is 0.0565. The molecule has 3 unspecified atom stereocenters. The van der Waals surface area contributed by atoms with Crippen LogP contribution in [0.2, 0.25) is 0 Å². The van der Waals surface area contributed by atoms with Crippen LogP contribution in [0.5, 0.6) is 0 Å². The summed E-state index contributed by atoms with van der Waals surface area (Å²) in [5, 5.41) is 19.6. The fourth-order valence-corrected chi connectivity index (χ4v) is 4.10. The minimum atomic E-state index is -1.01. The fourth-order valence-electron chi connectivity index (χ4n) is 4.10. The van der Waals surface area contributed by atoms with Crippen LogP contribution in [0.15, 0.2) is 18.2 Å². The number of nitrogens with two attached hydrogens (primary N) is 1. The predicted molar refractivity (Wildman–Crippen MR) is 118 cm³/mol. The van der Waals surface area contributed by atoms with E-state index in [1.165, 1.54) is 23.1 Å². The van der Waals surface area contributed by atoms with Gasteiger partial charge in [0.2, 0.25) is 17.7 Å². The molecule has 12 heteroatoms. The number of primary amides is 1. The maximum Gasteiger partial charge on any atom is 0.270 e. The van der Waals surface area contributed by atoms with E-state index in [4.69, 9.17) is 5.73 Å². The van der Waals surface area contributed by atoms with Gasteiger partial charge in [-0.15, -0.1) is 0 Å². The van der Waals surface area contributed by atoms with E-state index in [-0.39, 0.29) is 30.1 Å². The Morgan fingerprint density at radius 2 is 1.91 bits per heavy atom. The molecule has 33 heavy (non-hydrogen) atoms. The predicted octanol–water partition coefficient (Wildman–Crippen LogP) is 0.126. The van der Waals surface area contributed by atoms with Crippen LogP contribution in [0.25, 0.3) is 0 Å². The topological polar surface area (TPSA) is 177 Å². The first-order valence-corrected chi connectivity index (χ1v) is 10.8. The normalized spacial score (nSPS) is 24.2. The molecule has 1 saturated heterocycles. The number of hydrogen-bond acceptors (Lipinski definition) is 7. The lowest BCUT2D eigenvalue weighted by atomic mass is 10.0. The average Bonchev–Trinajstić information content (AvgIpc) is 3.25. The molecule has 0 saturated carbocycles. The number of hydrogen-bond donors (Lipinski definition) is 4. The molecule has 3 rings (SSSR count). The molecule has 0 radical (unpaired) electrons. The molecule has 0 spiro atoms. The summed E-state index contributed by atoms with van der Waals surface area (Å²) in [5.74, 6) is -2.59. The molecule has 1 fully saturated rings. The number of fused-ring (bicyclic) bond motifs is 2. The number of rotatable bonds is 3. The number of carbonyl (C=O) groups is 4. The Hall–Kier alpha value is -3.70. The third-order valence-electron chi connectivity index (χ3n) is 5.92. The van der Waals surface area contributed by atoms with E-state index >= 15 is 0 Å². The van der Waals surface area contributed by atoms with Crippen molar-refractivity contribution < 1.29 is 24.1 Å². The number of amides is 4. The Morgan fingerprint density at radius 3 is 2.55 bits per heavy atom. The molecule has 4 amide bonds. The average molecular weight is 460 g/mol. The first kappa shape index (κ1) is 24.0. The van der Waals surface area contributed by atoms with Gasteiger partial charge >= 0.3 is 0 Å². The molecule has 1 aromatic rings. The SMILES string of the molecule is CC(C)C1NC(=O)C2CCCN2C(=O)c2cc([N+](=O)[O-])ccc2NCCC(C(N)=O)NC1=O. The van der Waals surface area contributed by atoms with Crippen molar-refractivity contribution in [3.63, 3.8) is 0 Å². The second kappa shape index (κ2) is 9.84. The van der Waals surface area contributed by atoms with E-state index in [2.05, 4.69) is 16.0 Å². The number of benzene rings is 1. The highest BCUT2D eigenvalue weighted by atomic mass is 16.6. The summed E-state index contributed by atoms with van der Waals surface area (Å²) in [7, 11) is 0. The zero-order valence-corrected chi connectivity index (χ0v) is 18.5. The van der Waals surface area contributed by atoms with Crippen molar-refractivity contribution in [2.24, 2.45) is 11.7 Å². The maximum absolute atomic E-state index is 13.4. The zero-order chi connectivity index (χ0) is 24.3. The van der Waals surface area contributed by atoms with Crippen LogP contribution in [0.3, 0.4) is 0 Å². The lowest BCUT2D eigenvalue weighted by Gasteiger charge is -2.29. The van der Waals surface area contributed by atoms with Crippen LogP contribution < -0.4 is 21.7 Å². The molecule has 1 aromatic carbocycles. The first-order valence-electron chi connectivity index (χ1n) is 10.8. The second-order valence-corrected chi connectivity index (χ2v) is 8.55. The van der Waals surface area contributed by atoms with Crippen molar-refractivity contribution in [2.45, 2.75) is 51.2 Å². The summed E-state index contributed by atoms with van der Waals surface area (Å²) >= 11 is 0. The van der Waals surface area contributed by atoms with Crippen LogP contribution >= 0.6 is 0 Å². The number of nitrogens with one attached hydrogen (secondary N) is 3. The van der Waals surface area contributed by atoms with Crippen LogP contribution in [-0.4, -0.2) is 64.7 Å². The molecule has 2 aliphatic heterocycles. The third kappa shape index (κ3) is 5.21. The van der Waals surface area contributed by atoms with Crippen molar-refractivity contribution in [1.82, 2.24) is 15.5 Å². The van der Waals surface area contributed by atoms with E-state index in [1.807, 2.05) is 0 Å². The fraction of sp³-hybridized carbons (Fsp3) is 0.524. The van der Waals surface area contributed by atoms with E-state index in [0.29, 0.717) is 25.1 Å². The van der Waals surface area contributed by atoms with Crippen molar-refractivity contribution in [1.29, 1.82) is 0 Å². The lowest BCUT2D eigenvalue weighted by molar-refractivity contribution is -0.384. The van der Waals surface area contributed by atoms with Crippen LogP contribution in [0.4, 0.5) is 11.4 Å². The smallest absolute Gasteiger partial charge is 0.270 e. The molecular weight excluding hydrogens is 432 g/mol. The van der Waals surface area contributed by atoms with E-state index in [1.54, 1.807) is 13.8 Å². The lowest BCUT2D eigenvalue weighted by Crippen LogP contribution is -2.58. The van der Waals surface area contributed by atoms with Crippen molar-refractivity contribution in [2.75, 3.05) is 18.4 Å². The Bertz CT molecular complexity index is 980. The highest BCUT2D eigenvalue weighted by molar-refractivity contribution is 6.03. The van der Waals surface area contributed by atoms with Crippen molar-refractivity contribution in [3.05, 3.63) is 33.9 Å². The highest BCUT2D eigenvalue weighted by Crippen LogP contribution is 2.28. The molecule has 0 bridgehead atoms. The number of nitro groups is 1. The van der Waals surface area contributed by atoms with E-state index in [9.17, 15) is 29.3 Å². The highest BCUT2D eigenvalue weighted by Gasteiger charge is 2.38. The van der Waals surface area contributed by atoms with E-state index in [0.717, 1.165) is 0 Å². The standard InChI is InChI=1S/C21H28N6O6/c1-11(2)17-20(30)24-15(18(22)28)7-8-23-14-6-5-12(27(32)33)10-13(14)21(31)26-9-3-4-16(26)19(29)25-17/h5-6,10-11,15-17,23H,3-4,7-9H2,1-2H3,(H2,22,28)(H,24,30)(H,25,29). The second-order valence-electron chi connectivity index (χ2n) is 8.55. The molecule has 12 nitrogen and oxygen atoms in total. The molecule has 178 valence electrons. The first-order chi connectivity index (χ1) is 15.6. The quantitative estimate of drug-likeness (QED) is 0.366. The van der Waals surface area contributed by atoms with Gasteiger partial charge in [0.1, 0.15) is 18.1 Å². The van der Waals surface area contributed by atoms with Gasteiger partial charge < -0.3 is 26.6 Å². The molecule has 2 aliphatic rings. The van der Waals surface area contributed by atoms with Crippen molar-refractivity contribution >= 4 is 35.0 Å². The number of anilines is 1. The van der Waals surface area contributed by atoms with Crippen LogP contribution in [-0.2, 0) is 14.4 Å². The molecule has 0 aromatic heterocycles. The van der Waals surface area contributed by atoms with Gasteiger partial charge in [-0.1, -0.05) is 13.8 Å². The minimum Gasteiger partial charge on any atom is -0.384 e. The third-order valence-corrected chi connectivity index (χ3v) is 5.92. The molecule has 0 aliphatic carbocycles. The Kier molecular flexibility index (Phi) is 7.14. The zero-order valence-electron chi connectivity index (χ0n) is 18.5. The number of carbonyl (C=O) groups excluding carboxylic acids is 4. The number of non-ortho nitro benzene ring substituents is 1. The van der Waals surface area contributed by atoms with Gasteiger partial charge in [-0.2, -0.15) is 0 Å². The van der Waals surface area contributed by atoms with Gasteiger partial charge in [0, 0.05) is 30.9 Å². The van der Waals surface area contributed by atoms with Crippen molar-refractivity contribution in [3.8, 4) is 0 Å². The summed E-state index contributed by atoms with van der Waals surface area (Å²) in [6, 6.07) is 1.08. The van der Waals surface area contributed by atoms with Gasteiger partial charge in [-0.25, -0.2) is 0 Å². The summed E-state index contributed by atoms with van der Waals surface area (Å²) in [6.45, 7) is 3.97. The molecule has 5 N–H and O–H groups in total. The summed E-state index contributed by atoms with van der Waals surface area (Å²) in [4.78, 5) is 63.3. The van der Waals surface area contributed by atoms with Crippen LogP contribution in [0.1, 0.15) is 43.5 Å². The summed E-state index contributed by atoms with van der Waals surface area (Å²) in [6.07, 6.45) is 1.08. The Balaban J connectivity index is 2.03. The Morgan fingerprint density at radius 1 is 1.18 bits per heavy atom. The van der Waals surface area contributed by atoms with Gasteiger partial charge in [0.15, 0.2) is 0 Å². The van der Waals surface area contributed by atoms with Crippen LogP contribution in [0, 0.1) is 16.0 Å². The summed E-state index contributed by atoms with van der Waals surface area (Å²) in [5.41, 5.74) is 5.57. The number of nitro benzene ring substituents is 1. The van der Waals surface area contributed by atoms with Gasteiger partial charge in [-0.05, 0) is 31.2 Å². The summed E-state index contributed by atoms with van der Waals surface area (Å²) < 4.78 is 0. The monoisotopic (exact) mass is 460 g/mol. The van der Waals surface area contributed by atoms with Gasteiger partial charge in [0.25, 0.3) is 11.6 Å². The molecule has 2 heterocycles. The molecule has 3 atom stereocenters. The molecular formula is C21H28N6O6. The number of nitrogens with zero attached hydrogens (tertiary/aromatic N) is 2. The largest absolute Gasteiger partial charge is 0.384 e. The maximum atomic E-state index is 13.4.